The molecular weight excluding hydrogens is 222 g/mol. The molecule has 18 heavy (non-hydrogen) atoms. The molecule has 1 heterocycles. The SMILES string of the molecule is Cc1cc(C)cc(C(O)CCc2cccnc2)c1. The van der Waals surface area contributed by atoms with Crippen LogP contribution in [0.5, 0.6) is 0 Å². The fourth-order valence-electron chi connectivity index (χ4n) is 2.22. The normalized spacial score (nSPS) is 12.4. The van der Waals surface area contributed by atoms with E-state index in [0.717, 1.165) is 18.4 Å². The summed E-state index contributed by atoms with van der Waals surface area (Å²) in [6, 6.07) is 10.2. The maximum absolute atomic E-state index is 10.2. The van der Waals surface area contributed by atoms with Gasteiger partial charge in [-0.25, -0.2) is 0 Å². The van der Waals surface area contributed by atoms with E-state index in [2.05, 4.69) is 37.0 Å². The van der Waals surface area contributed by atoms with Gasteiger partial charge in [-0.15, -0.1) is 0 Å². The Morgan fingerprint density at radius 3 is 2.50 bits per heavy atom. The van der Waals surface area contributed by atoms with E-state index in [1.165, 1.54) is 16.7 Å². The topological polar surface area (TPSA) is 33.1 Å². The van der Waals surface area contributed by atoms with Crippen LogP contribution in [0.15, 0.2) is 42.7 Å². The number of aryl methyl sites for hydroxylation is 3. The third-order valence-corrected chi connectivity index (χ3v) is 3.06. The molecule has 0 radical (unpaired) electrons. The first kappa shape index (κ1) is 12.8. The van der Waals surface area contributed by atoms with E-state index in [1.807, 2.05) is 18.3 Å². The largest absolute Gasteiger partial charge is 0.388 e. The third kappa shape index (κ3) is 3.41. The van der Waals surface area contributed by atoms with Crippen molar-refractivity contribution in [3.05, 3.63) is 65.0 Å². The van der Waals surface area contributed by atoms with Gasteiger partial charge in [-0.1, -0.05) is 35.4 Å². The van der Waals surface area contributed by atoms with Gasteiger partial charge in [0, 0.05) is 12.4 Å². The van der Waals surface area contributed by atoms with Crippen molar-refractivity contribution in [2.24, 2.45) is 0 Å². The number of benzene rings is 1. The first-order chi connectivity index (χ1) is 8.65. The molecule has 0 spiro atoms. The highest BCUT2D eigenvalue weighted by Gasteiger charge is 2.08. The Bertz CT molecular complexity index is 488. The van der Waals surface area contributed by atoms with Gasteiger partial charge in [0.1, 0.15) is 0 Å². The molecule has 2 nitrogen and oxygen atoms in total. The second-order valence-corrected chi connectivity index (χ2v) is 4.84. The molecular formula is C16H19NO. The van der Waals surface area contributed by atoms with Crippen LogP contribution >= 0.6 is 0 Å². The average Bonchev–Trinajstić information content (AvgIpc) is 2.36. The maximum Gasteiger partial charge on any atom is 0.0793 e. The monoisotopic (exact) mass is 241 g/mol. The highest BCUT2D eigenvalue weighted by atomic mass is 16.3. The van der Waals surface area contributed by atoms with Gasteiger partial charge in [0.05, 0.1) is 6.10 Å². The molecule has 2 heteroatoms. The fraction of sp³-hybridized carbons (Fsp3) is 0.312. The van der Waals surface area contributed by atoms with Gasteiger partial charge in [-0.3, -0.25) is 4.98 Å². The minimum atomic E-state index is -0.399. The first-order valence-corrected chi connectivity index (χ1v) is 6.30. The maximum atomic E-state index is 10.2. The summed E-state index contributed by atoms with van der Waals surface area (Å²) in [5.74, 6) is 0. The summed E-state index contributed by atoms with van der Waals surface area (Å²) in [7, 11) is 0. The number of hydrogen-bond acceptors (Lipinski definition) is 2. The Morgan fingerprint density at radius 2 is 1.89 bits per heavy atom. The van der Waals surface area contributed by atoms with Crippen molar-refractivity contribution >= 4 is 0 Å². The van der Waals surface area contributed by atoms with Crippen molar-refractivity contribution in [3.8, 4) is 0 Å². The van der Waals surface area contributed by atoms with E-state index < -0.39 is 6.10 Å². The van der Waals surface area contributed by atoms with E-state index in [9.17, 15) is 5.11 Å². The van der Waals surface area contributed by atoms with Crippen LogP contribution < -0.4 is 0 Å². The highest BCUT2D eigenvalue weighted by molar-refractivity contribution is 5.30. The number of aliphatic hydroxyl groups excluding tert-OH is 1. The Balaban J connectivity index is 2.01. The molecule has 1 unspecified atom stereocenters. The van der Waals surface area contributed by atoms with E-state index >= 15 is 0 Å². The zero-order valence-electron chi connectivity index (χ0n) is 10.9. The highest BCUT2D eigenvalue weighted by Crippen LogP contribution is 2.21. The van der Waals surface area contributed by atoms with Gasteiger partial charge >= 0.3 is 0 Å². The molecule has 0 amide bonds. The smallest absolute Gasteiger partial charge is 0.0793 e. The van der Waals surface area contributed by atoms with E-state index in [0.29, 0.717) is 0 Å². The Hall–Kier alpha value is -1.67. The summed E-state index contributed by atoms with van der Waals surface area (Å²) in [5.41, 5.74) is 4.58. The predicted molar refractivity (Wildman–Crippen MR) is 73.4 cm³/mol. The van der Waals surface area contributed by atoms with Crippen LogP contribution in [0.4, 0.5) is 0 Å². The third-order valence-electron chi connectivity index (χ3n) is 3.06. The summed E-state index contributed by atoms with van der Waals surface area (Å²) in [4.78, 5) is 4.08. The number of rotatable bonds is 4. The van der Waals surface area contributed by atoms with Crippen LogP contribution in [0.25, 0.3) is 0 Å². The van der Waals surface area contributed by atoms with Crippen LogP contribution in [0.1, 0.15) is 34.8 Å². The van der Waals surface area contributed by atoms with Crippen molar-refractivity contribution < 1.29 is 5.11 Å². The van der Waals surface area contributed by atoms with Crippen molar-refractivity contribution in [1.29, 1.82) is 0 Å². The second kappa shape index (κ2) is 5.78. The molecule has 2 rings (SSSR count). The molecule has 1 aromatic carbocycles. The van der Waals surface area contributed by atoms with Crippen LogP contribution in [-0.2, 0) is 6.42 Å². The lowest BCUT2D eigenvalue weighted by Gasteiger charge is -2.12. The number of aliphatic hydroxyl groups is 1. The molecule has 0 aliphatic carbocycles. The lowest BCUT2D eigenvalue weighted by molar-refractivity contribution is 0.167. The molecule has 0 saturated heterocycles. The van der Waals surface area contributed by atoms with E-state index in [-0.39, 0.29) is 0 Å². The fourth-order valence-corrected chi connectivity index (χ4v) is 2.22. The first-order valence-electron chi connectivity index (χ1n) is 6.30. The number of hydrogen-bond donors (Lipinski definition) is 1. The quantitative estimate of drug-likeness (QED) is 0.890. The molecule has 0 aliphatic heterocycles. The zero-order chi connectivity index (χ0) is 13.0. The van der Waals surface area contributed by atoms with Gasteiger partial charge in [-0.05, 0) is 43.9 Å². The van der Waals surface area contributed by atoms with Crippen LogP contribution in [-0.4, -0.2) is 10.1 Å². The lowest BCUT2D eigenvalue weighted by Crippen LogP contribution is -2.01. The molecule has 1 N–H and O–H groups in total. The second-order valence-electron chi connectivity index (χ2n) is 4.84. The number of nitrogens with zero attached hydrogens (tertiary/aromatic N) is 1. The molecule has 0 saturated carbocycles. The predicted octanol–water partition coefficient (Wildman–Crippen LogP) is 3.36. The van der Waals surface area contributed by atoms with Gasteiger partial charge in [0.25, 0.3) is 0 Å². The van der Waals surface area contributed by atoms with E-state index in [4.69, 9.17) is 0 Å². The average molecular weight is 241 g/mol. The van der Waals surface area contributed by atoms with Crippen molar-refractivity contribution in [2.75, 3.05) is 0 Å². The van der Waals surface area contributed by atoms with Gasteiger partial charge in [0.15, 0.2) is 0 Å². The molecule has 2 aromatic rings. The summed E-state index contributed by atoms with van der Waals surface area (Å²) >= 11 is 0. The summed E-state index contributed by atoms with van der Waals surface area (Å²) in [5, 5.41) is 10.2. The summed E-state index contributed by atoms with van der Waals surface area (Å²) in [6.07, 6.45) is 4.80. The van der Waals surface area contributed by atoms with Crippen molar-refractivity contribution in [2.45, 2.75) is 32.8 Å². The molecule has 94 valence electrons. The van der Waals surface area contributed by atoms with Gasteiger partial charge in [0.2, 0.25) is 0 Å². The lowest BCUT2D eigenvalue weighted by atomic mass is 9.99. The molecule has 0 bridgehead atoms. The summed E-state index contributed by atoms with van der Waals surface area (Å²) in [6.45, 7) is 4.12. The standard InChI is InChI=1S/C16H19NO/c1-12-8-13(2)10-15(9-12)16(18)6-5-14-4-3-7-17-11-14/h3-4,7-11,16,18H,5-6H2,1-2H3. The number of pyridine rings is 1. The van der Waals surface area contributed by atoms with Gasteiger partial charge < -0.3 is 5.11 Å². The van der Waals surface area contributed by atoms with Crippen molar-refractivity contribution in [3.63, 3.8) is 0 Å². The zero-order valence-corrected chi connectivity index (χ0v) is 10.9. The Kier molecular flexibility index (Phi) is 4.11. The van der Waals surface area contributed by atoms with Crippen molar-refractivity contribution in [1.82, 2.24) is 4.98 Å². The van der Waals surface area contributed by atoms with E-state index in [1.54, 1.807) is 6.20 Å². The Labute approximate surface area is 108 Å². The van der Waals surface area contributed by atoms with Crippen LogP contribution in [0.3, 0.4) is 0 Å². The molecule has 1 atom stereocenters. The molecule has 1 aromatic heterocycles. The minimum absolute atomic E-state index is 0.399. The minimum Gasteiger partial charge on any atom is -0.388 e. The van der Waals surface area contributed by atoms with Crippen LogP contribution in [0, 0.1) is 13.8 Å². The Morgan fingerprint density at radius 1 is 1.17 bits per heavy atom. The molecule has 0 aliphatic rings. The van der Waals surface area contributed by atoms with Crippen LogP contribution in [0.2, 0.25) is 0 Å². The number of aromatic nitrogens is 1. The molecule has 0 fully saturated rings. The van der Waals surface area contributed by atoms with Gasteiger partial charge in [-0.2, -0.15) is 0 Å². The summed E-state index contributed by atoms with van der Waals surface area (Å²) < 4.78 is 0.